The Morgan fingerprint density at radius 1 is 1.19 bits per heavy atom. The minimum atomic E-state index is -1.53. The molecule has 6 rings (SSSR count). The predicted octanol–water partition coefficient (Wildman–Crippen LogP) is 3.27. The van der Waals surface area contributed by atoms with Crippen LogP contribution in [0.25, 0.3) is 22.3 Å². The molecule has 0 spiro atoms. The molecule has 0 fully saturated rings. The maximum atomic E-state index is 14.6. The van der Waals surface area contributed by atoms with Crippen molar-refractivity contribution < 1.29 is 28.9 Å². The lowest BCUT2D eigenvalue weighted by Crippen LogP contribution is -2.32. The number of carbonyl (C=O) groups excluding carboxylic acids is 1. The number of nitrogens with zero attached hydrogens (tertiary/aromatic N) is 2. The number of hydrogen-bond acceptors (Lipinski definition) is 7. The number of aryl methyl sites for hydroxylation is 1. The Kier molecular flexibility index (Phi) is 7.26. The van der Waals surface area contributed by atoms with Gasteiger partial charge in [-0.25, -0.2) is 14.2 Å². The topological polar surface area (TPSA) is 111 Å². The number of esters is 1. The second-order valence-corrected chi connectivity index (χ2v) is 8.90. The minimum Gasteiger partial charge on any atom is -0.458 e. The highest BCUT2D eigenvalue weighted by atomic mass is 19.1. The van der Waals surface area contributed by atoms with Gasteiger partial charge >= 0.3 is 5.97 Å². The van der Waals surface area contributed by atoms with E-state index in [0.717, 1.165) is 22.1 Å². The van der Waals surface area contributed by atoms with Gasteiger partial charge in [0, 0.05) is 49.3 Å². The molecule has 1 aliphatic carbocycles. The van der Waals surface area contributed by atoms with Crippen LogP contribution in [-0.2, 0) is 33.8 Å². The molecular weight excluding hydrogens is 467 g/mol. The fourth-order valence-corrected chi connectivity index (χ4v) is 5.38. The third-order valence-corrected chi connectivity index (χ3v) is 6.99. The molecule has 2 atom stereocenters. The van der Waals surface area contributed by atoms with Crippen LogP contribution in [0.2, 0.25) is 0 Å². The van der Waals surface area contributed by atoms with Gasteiger partial charge in [-0.05, 0) is 42.5 Å². The Bertz CT molecular complexity index is 1410. The van der Waals surface area contributed by atoms with Crippen LogP contribution in [0.4, 0.5) is 4.39 Å². The van der Waals surface area contributed by atoms with Gasteiger partial charge in [0.25, 0.3) is 5.56 Å². The molecule has 1 unspecified atom stereocenters. The number of carbonyl (C=O) groups is 1. The molecule has 0 saturated carbocycles. The summed E-state index contributed by atoms with van der Waals surface area (Å²) in [7, 11) is 3.25. The van der Waals surface area contributed by atoms with Crippen molar-refractivity contribution in [1.29, 1.82) is 0 Å². The molecule has 8 nitrogen and oxygen atoms in total. The summed E-state index contributed by atoms with van der Waals surface area (Å²) in [5, 5.41) is 21.2. The number of cyclic esters (lactones) is 1. The summed E-state index contributed by atoms with van der Waals surface area (Å²) < 4.78 is 25.4. The zero-order valence-electron chi connectivity index (χ0n) is 21.1. The molecule has 4 heterocycles. The van der Waals surface area contributed by atoms with Crippen molar-refractivity contribution in [3.63, 3.8) is 0 Å². The van der Waals surface area contributed by atoms with Gasteiger partial charge in [-0.1, -0.05) is 13.8 Å². The third kappa shape index (κ3) is 3.82. The summed E-state index contributed by atoms with van der Waals surface area (Å²) in [6, 6.07) is 3.02. The number of aliphatic hydroxyl groups excluding tert-OH is 2. The Labute approximate surface area is 208 Å². The van der Waals surface area contributed by atoms with E-state index in [9.17, 15) is 24.2 Å². The van der Waals surface area contributed by atoms with Crippen molar-refractivity contribution in [1.82, 2.24) is 9.55 Å². The number of rotatable bonds is 1. The number of aromatic nitrogens is 2. The number of halogens is 1. The fourth-order valence-electron chi connectivity index (χ4n) is 5.38. The van der Waals surface area contributed by atoms with E-state index >= 15 is 0 Å². The SMILES string of the molecule is CC.COC.Cc1c(F)cc2nc3c(c4c2c1CC[C@H]4CO)Cn1c-3cc2c(c1=O)COC(=O)C2O. The van der Waals surface area contributed by atoms with E-state index < -0.39 is 12.1 Å². The van der Waals surface area contributed by atoms with Crippen molar-refractivity contribution in [2.45, 2.75) is 58.8 Å². The van der Waals surface area contributed by atoms with Crippen LogP contribution in [-0.4, -0.2) is 46.6 Å². The van der Waals surface area contributed by atoms with Crippen molar-refractivity contribution in [3.05, 3.63) is 61.7 Å². The van der Waals surface area contributed by atoms with Gasteiger partial charge in [-0.15, -0.1) is 0 Å². The average Bonchev–Trinajstić information content (AvgIpc) is 3.25. The van der Waals surface area contributed by atoms with Gasteiger partial charge in [0.15, 0.2) is 6.10 Å². The van der Waals surface area contributed by atoms with Crippen LogP contribution in [0.5, 0.6) is 0 Å². The van der Waals surface area contributed by atoms with Crippen LogP contribution < -0.4 is 5.56 Å². The zero-order valence-corrected chi connectivity index (χ0v) is 21.1. The largest absolute Gasteiger partial charge is 0.458 e. The minimum absolute atomic E-state index is 0.0514. The smallest absolute Gasteiger partial charge is 0.340 e. The molecule has 0 amide bonds. The van der Waals surface area contributed by atoms with Crippen molar-refractivity contribution in [3.8, 4) is 11.4 Å². The Morgan fingerprint density at radius 3 is 2.56 bits per heavy atom. The summed E-state index contributed by atoms with van der Waals surface area (Å²) in [6.45, 7) is 5.79. The van der Waals surface area contributed by atoms with E-state index in [0.29, 0.717) is 35.3 Å². The number of aliphatic hydroxyl groups is 2. The molecule has 3 aromatic rings. The molecule has 9 heteroatoms. The quantitative estimate of drug-likeness (QED) is 0.388. The Hall–Kier alpha value is -3.14. The first kappa shape index (κ1) is 25.9. The lowest BCUT2D eigenvalue weighted by atomic mass is 9.78. The molecule has 0 radical (unpaired) electrons. The Balaban J connectivity index is 0.000000569. The first-order chi connectivity index (χ1) is 17.3. The first-order valence-corrected chi connectivity index (χ1v) is 12.1. The van der Waals surface area contributed by atoms with Gasteiger partial charge in [-0.2, -0.15) is 0 Å². The normalized spacial score (nSPS) is 18.7. The lowest BCUT2D eigenvalue weighted by Gasteiger charge is -2.28. The Morgan fingerprint density at radius 2 is 1.89 bits per heavy atom. The number of methoxy groups -OCH3 is 1. The maximum absolute atomic E-state index is 14.6. The van der Waals surface area contributed by atoms with E-state index in [4.69, 9.17) is 9.72 Å². The van der Waals surface area contributed by atoms with Gasteiger partial charge < -0.3 is 24.3 Å². The second kappa shape index (κ2) is 10.1. The van der Waals surface area contributed by atoms with Gasteiger partial charge in [-0.3, -0.25) is 4.79 Å². The summed E-state index contributed by atoms with van der Waals surface area (Å²) >= 11 is 0. The van der Waals surface area contributed by atoms with Crippen molar-refractivity contribution in [2.24, 2.45) is 0 Å². The van der Waals surface area contributed by atoms with E-state index in [2.05, 4.69) is 4.74 Å². The molecule has 1 aromatic carbocycles. The summed E-state index contributed by atoms with van der Waals surface area (Å²) in [6.07, 6.45) is -0.185. The number of pyridine rings is 2. The molecule has 192 valence electrons. The first-order valence-electron chi connectivity index (χ1n) is 12.1. The highest BCUT2D eigenvalue weighted by Crippen LogP contribution is 2.45. The van der Waals surface area contributed by atoms with Crippen LogP contribution >= 0.6 is 0 Å². The monoisotopic (exact) mass is 498 g/mol. The lowest BCUT2D eigenvalue weighted by molar-refractivity contribution is -0.157. The number of ether oxygens (including phenoxy) is 2. The van der Waals surface area contributed by atoms with E-state index in [1.807, 2.05) is 13.8 Å². The highest BCUT2D eigenvalue weighted by Gasteiger charge is 2.37. The van der Waals surface area contributed by atoms with Gasteiger partial charge in [0.2, 0.25) is 0 Å². The second-order valence-electron chi connectivity index (χ2n) is 8.90. The molecule has 0 bridgehead atoms. The summed E-state index contributed by atoms with van der Waals surface area (Å²) in [5.74, 6) is -1.26. The number of fused-ring (bicyclic) bond motifs is 5. The molecular formula is C27H31FN2O6. The van der Waals surface area contributed by atoms with Crippen LogP contribution in [0.1, 0.15) is 65.7 Å². The summed E-state index contributed by atoms with van der Waals surface area (Å²) in [5.41, 5.74) is 4.89. The van der Waals surface area contributed by atoms with Crippen LogP contribution in [0, 0.1) is 12.7 Å². The summed E-state index contributed by atoms with van der Waals surface area (Å²) in [4.78, 5) is 29.7. The maximum Gasteiger partial charge on any atom is 0.340 e. The third-order valence-electron chi connectivity index (χ3n) is 6.99. The number of benzene rings is 1. The van der Waals surface area contributed by atoms with E-state index in [1.54, 1.807) is 31.8 Å². The molecule has 0 saturated heterocycles. The predicted molar refractivity (Wildman–Crippen MR) is 132 cm³/mol. The molecule has 2 aromatic heterocycles. The average molecular weight is 499 g/mol. The van der Waals surface area contributed by atoms with Gasteiger partial charge in [0.1, 0.15) is 12.4 Å². The van der Waals surface area contributed by atoms with Crippen LogP contribution in [0.3, 0.4) is 0 Å². The standard InChI is InChI=1S/C23H19FN2O5.C2H6O.C2H6/c1-9-11-3-2-10(7-27)18-13-6-26-17(20(13)25-16(19(11)18)5-15(9)24)4-12-14(22(26)29)8-31-23(30)21(12)28;1-3-2;1-2/h4-5,10,21,27-28H,2-3,6-8H2,1H3;1-2H3;1-2H3/t10-,21?;;/m0../s1. The molecule has 2 N–H and O–H groups in total. The molecule has 3 aliphatic rings. The van der Waals surface area contributed by atoms with Gasteiger partial charge in [0.05, 0.1) is 29.0 Å². The highest BCUT2D eigenvalue weighted by molar-refractivity contribution is 5.93. The fraction of sp³-hybridized carbons (Fsp3) is 0.444. The van der Waals surface area contributed by atoms with Crippen molar-refractivity contribution >= 4 is 16.9 Å². The molecule has 36 heavy (non-hydrogen) atoms. The van der Waals surface area contributed by atoms with Crippen molar-refractivity contribution in [2.75, 3.05) is 20.8 Å². The van der Waals surface area contributed by atoms with Crippen LogP contribution in [0.15, 0.2) is 16.9 Å². The molecule has 2 aliphatic heterocycles. The van der Waals surface area contributed by atoms with E-state index in [-0.39, 0.29) is 48.2 Å². The number of hydrogen-bond donors (Lipinski definition) is 2. The zero-order chi connectivity index (χ0) is 26.3. The van der Waals surface area contributed by atoms with E-state index in [1.165, 1.54) is 6.07 Å².